The zero-order valence-electron chi connectivity index (χ0n) is 14.3. The third-order valence-electron chi connectivity index (χ3n) is 4.34. The number of nitrogens with one attached hydrogen (secondary N) is 1. The second-order valence-electron chi connectivity index (χ2n) is 6.14. The highest BCUT2D eigenvalue weighted by molar-refractivity contribution is 6.36. The van der Waals surface area contributed by atoms with E-state index in [1.807, 2.05) is 12.1 Å². The molecule has 1 aliphatic rings. The van der Waals surface area contributed by atoms with Crippen molar-refractivity contribution in [3.63, 3.8) is 0 Å². The predicted octanol–water partition coefficient (Wildman–Crippen LogP) is 4.55. The van der Waals surface area contributed by atoms with E-state index in [0.29, 0.717) is 47.5 Å². The third kappa shape index (κ3) is 4.29. The number of hydrogen-bond donors (Lipinski definition) is 1. The number of nitrogens with zero attached hydrogens (tertiary/aromatic N) is 2. The Morgan fingerprint density at radius 2 is 1.73 bits per heavy atom. The largest absolute Gasteiger partial charge is 0.367 e. The molecular formula is C19H19Cl2N3O2. The van der Waals surface area contributed by atoms with Crippen LogP contribution in [0.2, 0.25) is 10.0 Å². The Hall–Kier alpha value is -2.24. The zero-order chi connectivity index (χ0) is 18.7. The van der Waals surface area contributed by atoms with Crippen LogP contribution < -0.4 is 10.2 Å². The van der Waals surface area contributed by atoms with Gasteiger partial charge in [-0.25, -0.2) is 4.79 Å². The summed E-state index contributed by atoms with van der Waals surface area (Å²) in [4.78, 5) is 27.8. The van der Waals surface area contributed by atoms with Gasteiger partial charge in [-0.1, -0.05) is 35.3 Å². The quantitative estimate of drug-likeness (QED) is 0.780. The van der Waals surface area contributed by atoms with Crippen molar-refractivity contribution in [1.82, 2.24) is 4.90 Å². The summed E-state index contributed by atoms with van der Waals surface area (Å²) in [6.07, 6.45) is 0. The van der Waals surface area contributed by atoms with Crippen molar-refractivity contribution in [3.8, 4) is 0 Å². The number of carbonyl (C=O) groups is 2. The molecule has 0 atom stereocenters. The molecule has 136 valence electrons. The minimum Gasteiger partial charge on any atom is -0.367 e. The SMILES string of the molecule is CC(=O)c1cccc(NC(=O)N2CCN(c3ccc(Cl)cc3Cl)CC2)c1. The van der Waals surface area contributed by atoms with Gasteiger partial charge in [0.1, 0.15) is 0 Å². The van der Waals surface area contributed by atoms with E-state index in [1.54, 1.807) is 35.2 Å². The van der Waals surface area contributed by atoms with Crippen LogP contribution in [0.3, 0.4) is 0 Å². The van der Waals surface area contributed by atoms with Crippen LogP contribution >= 0.6 is 23.2 Å². The number of benzene rings is 2. The Kier molecular flexibility index (Phi) is 5.69. The normalized spacial score (nSPS) is 14.3. The molecule has 2 amide bonds. The smallest absolute Gasteiger partial charge is 0.321 e. The molecule has 3 rings (SSSR count). The summed E-state index contributed by atoms with van der Waals surface area (Å²) in [6.45, 7) is 4.03. The maximum atomic E-state index is 12.5. The van der Waals surface area contributed by atoms with Gasteiger partial charge in [0.15, 0.2) is 5.78 Å². The Morgan fingerprint density at radius 1 is 1.00 bits per heavy atom. The van der Waals surface area contributed by atoms with E-state index >= 15 is 0 Å². The number of Topliss-reactive ketones (excluding diaryl/α,β-unsaturated/α-hetero) is 1. The summed E-state index contributed by atoms with van der Waals surface area (Å²) in [5.74, 6) is -0.0328. The number of urea groups is 1. The fourth-order valence-electron chi connectivity index (χ4n) is 2.91. The number of rotatable bonds is 3. The van der Waals surface area contributed by atoms with E-state index in [0.717, 1.165) is 5.69 Å². The molecule has 1 saturated heterocycles. The summed E-state index contributed by atoms with van der Waals surface area (Å²) in [6, 6.07) is 12.2. The second kappa shape index (κ2) is 7.98. The Bertz CT molecular complexity index is 833. The lowest BCUT2D eigenvalue weighted by molar-refractivity contribution is 0.101. The van der Waals surface area contributed by atoms with Crippen molar-refractivity contribution in [2.24, 2.45) is 0 Å². The fourth-order valence-corrected chi connectivity index (χ4v) is 3.43. The number of amides is 2. The summed E-state index contributed by atoms with van der Waals surface area (Å²) in [7, 11) is 0. The molecule has 0 bridgehead atoms. The molecule has 1 N–H and O–H groups in total. The van der Waals surface area contributed by atoms with Gasteiger partial charge in [-0.05, 0) is 37.3 Å². The summed E-state index contributed by atoms with van der Waals surface area (Å²) in [5.41, 5.74) is 2.11. The number of anilines is 2. The van der Waals surface area contributed by atoms with Crippen LogP contribution in [0.4, 0.5) is 16.2 Å². The highest BCUT2D eigenvalue weighted by Gasteiger charge is 2.22. The number of carbonyl (C=O) groups excluding carboxylic acids is 2. The van der Waals surface area contributed by atoms with E-state index < -0.39 is 0 Å². The maximum absolute atomic E-state index is 12.5. The molecule has 2 aromatic carbocycles. The zero-order valence-corrected chi connectivity index (χ0v) is 15.8. The van der Waals surface area contributed by atoms with E-state index in [4.69, 9.17) is 23.2 Å². The van der Waals surface area contributed by atoms with Gasteiger partial charge in [-0.2, -0.15) is 0 Å². The molecule has 1 aliphatic heterocycles. The molecule has 0 saturated carbocycles. The second-order valence-corrected chi connectivity index (χ2v) is 6.98. The van der Waals surface area contributed by atoms with Crippen molar-refractivity contribution in [2.75, 3.05) is 36.4 Å². The standard InChI is InChI=1S/C19H19Cl2N3O2/c1-13(25)14-3-2-4-16(11-14)22-19(26)24-9-7-23(8-10-24)18-6-5-15(20)12-17(18)21/h2-6,11-12H,7-10H2,1H3,(H,22,26). The summed E-state index contributed by atoms with van der Waals surface area (Å²) >= 11 is 12.2. The van der Waals surface area contributed by atoms with Crippen molar-refractivity contribution in [2.45, 2.75) is 6.92 Å². The topological polar surface area (TPSA) is 52.7 Å². The van der Waals surface area contributed by atoms with Gasteiger partial charge < -0.3 is 15.1 Å². The van der Waals surface area contributed by atoms with Crippen molar-refractivity contribution >= 4 is 46.4 Å². The van der Waals surface area contributed by atoms with Gasteiger partial charge >= 0.3 is 6.03 Å². The van der Waals surface area contributed by atoms with E-state index in [9.17, 15) is 9.59 Å². The highest BCUT2D eigenvalue weighted by atomic mass is 35.5. The lowest BCUT2D eigenvalue weighted by atomic mass is 10.1. The van der Waals surface area contributed by atoms with Crippen LogP contribution in [0.25, 0.3) is 0 Å². The molecule has 7 heteroatoms. The molecule has 0 radical (unpaired) electrons. The van der Waals surface area contributed by atoms with E-state index in [2.05, 4.69) is 10.2 Å². The van der Waals surface area contributed by atoms with Crippen LogP contribution in [0.1, 0.15) is 17.3 Å². The average Bonchev–Trinajstić information content (AvgIpc) is 2.62. The van der Waals surface area contributed by atoms with Crippen LogP contribution in [-0.2, 0) is 0 Å². The van der Waals surface area contributed by atoms with Crippen molar-refractivity contribution < 1.29 is 9.59 Å². The van der Waals surface area contributed by atoms with Gasteiger partial charge in [0, 0.05) is 42.5 Å². The predicted molar refractivity (Wildman–Crippen MR) is 106 cm³/mol. The van der Waals surface area contributed by atoms with Gasteiger partial charge in [-0.15, -0.1) is 0 Å². The van der Waals surface area contributed by atoms with Gasteiger partial charge in [0.05, 0.1) is 10.7 Å². The molecule has 26 heavy (non-hydrogen) atoms. The molecule has 0 aliphatic carbocycles. The van der Waals surface area contributed by atoms with Crippen molar-refractivity contribution in [3.05, 3.63) is 58.1 Å². The third-order valence-corrected chi connectivity index (χ3v) is 4.88. The molecular weight excluding hydrogens is 373 g/mol. The van der Waals surface area contributed by atoms with Crippen molar-refractivity contribution in [1.29, 1.82) is 0 Å². The van der Waals surface area contributed by atoms with Crippen LogP contribution in [0, 0.1) is 0 Å². The lowest BCUT2D eigenvalue weighted by Gasteiger charge is -2.36. The van der Waals surface area contributed by atoms with E-state index in [-0.39, 0.29) is 11.8 Å². The Labute approximate surface area is 162 Å². The van der Waals surface area contributed by atoms with E-state index in [1.165, 1.54) is 6.92 Å². The lowest BCUT2D eigenvalue weighted by Crippen LogP contribution is -2.50. The average molecular weight is 392 g/mol. The number of piperazine rings is 1. The number of hydrogen-bond acceptors (Lipinski definition) is 3. The van der Waals surface area contributed by atoms with Crippen LogP contribution in [0.5, 0.6) is 0 Å². The first-order chi connectivity index (χ1) is 12.4. The molecule has 1 heterocycles. The fraction of sp³-hybridized carbons (Fsp3) is 0.263. The first-order valence-electron chi connectivity index (χ1n) is 8.31. The highest BCUT2D eigenvalue weighted by Crippen LogP contribution is 2.29. The molecule has 0 unspecified atom stereocenters. The summed E-state index contributed by atoms with van der Waals surface area (Å²) in [5, 5.41) is 4.06. The minimum absolute atomic E-state index is 0.0328. The van der Waals surface area contributed by atoms with Gasteiger partial charge in [-0.3, -0.25) is 4.79 Å². The minimum atomic E-state index is -0.174. The Balaban J connectivity index is 1.60. The molecule has 2 aromatic rings. The molecule has 5 nitrogen and oxygen atoms in total. The molecule has 0 spiro atoms. The number of ketones is 1. The molecule has 0 aromatic heterocycles. The first kappa shape index (κ1) is 18.5. The Morgan fingerprint density at radius 3 is 2.38 bits per heavy atom. The molecule has 1 fully saturated rings. The summed E-state index contributed by atoms with van der Waals surface area (Å²) < 4.78 is 0. The van der Waals surface area contributed by atoms with Gasteiger partial charge in [0.2, 0.25) is 0 Å². The van der Waals surface area contributed by atoms with Gasteiger partial charge in [0.25, 0.3) is 0 Å². The van der Waals surface area contributed by atoms with Crippen LogP contribution in [0.15, 0.2) is 42.5 Å². The monoisotopic (exact) mass is 391 g/mol. The van der Waals surface area contributed by atoms with Crippen LogP contribution in [-0.4, -0.2) is 42.9 Å². The number of halogens is 2. The first-order valence-corrected chi connectivity index (χ1v) is 9.06. The maximum Gasteiger partial charge on any atom is 0.321 e.